The number of carbonyl (C=O) groups excluding carboxylic acids is 1. The van der Waals surface area contributed by atoms with Crippen molar-refractivity contribution in [3.63, 3.8) is 0 Å². The van der Waals surface area contributed by atoms with Crippen molar-refractivity contribution in [3.05, 3.63) is 0 Å². The highest BCUT2D eigenvalue weighted by atomic mass is 32.2. The van der Waals surface area contributed by atoms with E-state index in [0.717, 1.165) is 6.42 Å². The average Bonchev–Trinajstić information content (AvgIpc) is 2.10. The third kappa shape index (κ3) is 1.29. The maximum absolute atomic E-state index is 10.9. The molecule has 0 aromatic heterocycles. The topological polar surface area (TPSA) is 26.3 Å². The summed E-state index contributed by atoms with van der Waals surface area (Å²) in [6, 6.07) is 0. The maximum atomic E-state index is 10.9. The van der Waals surface area contributed by atoms with Gasteiger partial charge in [-0.25, -0.2) is 0 Å². The summed E-state index contributed by atoms with van der Waals surface area (Å²) in [6.07, 6.45) is 0.883. The molecule has 1 rings (SSSR count). The largest absolute Gasteiger partial charge is 0.447 e. The summed E-state index contributed by atoms with van der Waals surface area (Å²) in [7, 11) is 0. The molecule has 1 aliphatic heterocycles. The Morgan fingerprint density at radius 2 is 2.40 bits per heavy atom. The molecule has 2 unspecified atom stereocenters. The summed E-state index contributed by atoms with van der Waals surface area (Å²) in [6.45, 7) is 5.87. The van der Waals surface area contributed by atoms with Crippen LogP contribution in [0, 0.1) is 0 Å². The lowest BCUT2D eigenvalue weighted by Crippen LogP contribution is -2.18. The number of thioether (sulfide) groups is 1. The van der Waals surface area contributed by atoms with Crippen molar-refractivity contribution in [1.82, 2.24) is 0 Å². The van der Waals surface area contributed by atoms with Gasteiger partial charge in [0.15, 0.2) is 4.93 Å². The lowest BCUT2D eigenvalue weighted by Gasteiger charge is -2.18. The minimum Gasteiger partial charge on any atom is -0.447 e. The van der Waals surface area contributed by atoms with E-state index in [1.54, 1.807) is 11.8 Å². The fourth-order valence-corrected chi connectivity index (χ4v) is 2.09. The minimum atomic E-state index is -0.253. The van der Waals surface area contributed by atoms with Crippen LogP contribution < -0.4 is 0 Å². The summed E-state index contributed by atoms with van der Waals surface area (Å²) in [5.41, 5.74) is 0. The first-order chi connectivity index (χ1) is 4.57. The fourth-order valence-electron chi connectivity index (χ4n) is 0.897. The van der Waals surface area contributed by atoms with E-state index in [1.807, 2.05) is 20.8 Å². The zero-order valence-corrected chi connectivity index (χ0v) is 7.33. The van der Waals surface area contributed by atoms with Gasteiger partial charge in [0.1, 0.15) is 5.25 Å². The number of hydrogen-bond donors (Lipinski definition) is 0. The molecule has 0 amide bonds. The number of esters is 1. The molecule has 0 aromatic carbocycles. The van der Waals surface area contributed by atoms with E-state index in [-0.39, 0.29) is 16.2 Å². The Labute approximate surface area is 65.3 Å². The van der Waals surface area contributed by atoms with Crippen LogP contribution in [-0.4, -0.2) is 16.2 Å². The molecule has 0 spiro atoms. The highest BCUT2D eigenvalue weighted by Gasteiger charge is 2.40. The molecule has 0 aliphatic carbocycles. The lowest BCUT2D eigenvalue weighted by molar-refractivity contribution is -0.146. The van der Waals surface area contributed by atoms with Gasteiger partial charge in [-0.1, -0.05) is 6.92 Å². The van der Waals surface area contributed by atoms with Crippen LogP contribution in [0.4, 0.5) is 0 Å². The first-order valence-corrected chi connectivity index (χ1v) is 4.36. The van der Waals surface area contributed by atoms with Crippen LogP contribution >= 0.6 is 11.8 Å². The smallest absolute Gasteiger partial charge is 0.320 e. The Balaban J connectivity index is 2.64. The molecule has 1 heterocycles. The van der Waals surface area contributed by atoms with Crippen LogP contribution in [0.5, 0.6) is 0 Å². The van der Waals surface area contributed by atoms with Crippen molar-refractivity contribution in [1.29, 1.82) is 0 Å². The molecule has 1 saturated heterocycles. The van der Waals surface area contributed by atoms with Crippen molar-refractivity contribution in [2.24, 2.45) is 0 Å². The molecule has 2 atom stereocenters. The van der Waals surface area contributed by atoms with Crippen molar-refractivity contribution in [2.45, 2.75) is 37.4 Å². The van der Waals surface area contributed by atoms with Crippen LogP contribution in [0.3, 0.4) is 0 Å². The van der Waals surface area contributed by atoms with Crippen LogP contribution in [-0.2, 0) is 9.53 Å². The predicted molar refractivity (Wildman–Crippen MR) is 41.8 cm³/mol. The van der Waals surface area contributed by atoms with Gasteiger partial charge in [-0.05, 0) is 20.3 Å². The first-order valence-electron chi connectivity index (χ1n) is 3.48. The van der Waals surface area contributed by atoms with E-state index in [9.17, 15) is 4.79 Å². The van der Waals surface area contributed by atoms with Gasteiger partial charge in [0.25, 0.3) is 0 Å². The van der Waals surface area contributed by atoms with Gasteiger partial charge in [-0.15, -0.1) is 11.8 Å². The van der Waals surface area contributed by atoms with Crippen LogP contribution in [0.25, 0.3) is 0 Å². The normalized spacial score (nSPS) is 39.9. The Kier molecular flexibility index (Phi) is 1.95. The maximum Gasteiger partial charge on any atom is 0.320 e. The van der Waals surface area contributed by atoms with E-state index in [1.165, 1.54) is 0 Å². The van der Waals surface area contributed by atoms with Gasteiger partial charge in [0, 0.05) is 0 Å². The third-order valence-corrected chi connectivity index (χ3v) is 3.13. The summed E-state index contributed by atoms with van der Waals surface area (Å²) in [4.78, 5) is 10.7. The van der Waals surface area contributed by atoms with Crippen LogP contribution in [0.2, 0.25) is 0 Å². The third-order valence-electron chi connectivity index (χ3n) is 1.72. The van der Waals surface area contributed by atoms with Crippen LogP contribution in [0.15, 0.2) is 0 Å². The van der Waals surface area contributed by atoms with Crippen molar-refractivity contribution < 1.29 is 9.53 Å². The molecular weight excluding hydrogens is 148 g/mol. The highest BCUT2D eigenvalue weighted by Crippen LogP contribution is 2.40. The van der Waals surface area contributed by atoms with E-state index >= 15 is 0 Å². The van der Waals surface area contributed by atoms with Gasteiger partial charge < -0.3 is 4.74 Å². The molecule has 0 bridgehead atoms. The molecule has 10 heavy (non-hydrogen) atoms. The molecule has 1 fully saturated rings. The number of hydrogen-bond acceptors (Lipinski definition) is 3. The van der Waals surface area contributed by atoms with Gasteiger partial charge in [-0.2, -0.15) is 0 Å². The van der Waals surface area contributed by atoms with E-state index < -0.39 is 0 Å². The monoisotopic (exact) mass is 160 g/mol. The van der Waals surface area contributed by atoms with E-state index in [2.05, 4.69) is 0 Å². The predicted octanol–water partition coefficient (Wildman–Crippen LogP) is 1.79. The summed E-state index contributed by atoms with van der Waals surface area (Å²) in [5, 5.41) is 0.0185. The van der Waals surface area contributed by atoms with E-state index in [0.29, 0.717) is 0 Å². The summed E-state index contributed by atoms with van der Waals surface area (Å²) in [5.74, 6) is -0.0747. The van der Waals surface area contributed by atoms with Gasteiger partial charge in [-0.3, -0.25) is 4.79 Å². The number of ether oxygens (including phenoxy) is 1. The molecule has 0 saturated carbocycles. The molecule has 0 aromatic rings. The minimum absolute atomic E-state index is 0.0185. The molecule has 0 radical (unpaired) electrons. The van der Waals surface area contributed by atoms with Crippen molar-refractivity contribution in [3.8, 4) is 0 Å². The van der Waals surface area contributed by atoms with E-state index in [4.69, 9.17) is 4.74 Å². The lowest BCUT2D eigenvalue weighted by atomic mass is 10.3. The van der Waals surface area contributed by atoms with Crippen molar-refractivity contribution in [2.75, 3.05) is 0 Å². The Morgan fingerprint density at radius 3 is 2.60 bits per heavy atom. The zero-order chi connectivity index (χ0) is 7.78. The molecule has 0 N–H and O–H groups in total. The molecular formula is C7H12O2S. The standard InChI is InChI=1S/C7H12O2S/c1-4-7(3)9-6(8)5(2)10-7/h5H,4H2,1-3H3. The average molecular weight is 160 g/mol. The molecule has 1 aliphatic rings. The van der Waals surface area contributed by atoms with Gasteiger partial charge in [0.2, 0.25) is 0 Å². The number of cyclic esters (lactones) is 1. The first kappa shape index (κ1) is 7.92. The fraction of sp³-hybridized carbons (Fsp3) is 0.857. The molecule has 3 heteroatoms. The quantitative estimate of drug-likeness (QED) is 0.547. The molecule has 58 valence electrons. The van der Waals surface area contributed by atoms with Gasteiger partial charge >= 0.3 is 5.97 Å². The summed E-state index contributed by atoms with van der Waals surface area (Å²) < 4.78 is 5.13. The second-order valence-corrected chi connectivity index (χ2v) is 4.47. The van der Waals surface area contributed by atoms with Gasteiger partial charge in [0.05, 0.1) is 0 Å². The van der Waals surface area contributed by atoms with Crippen molar-refractivity contribution >= 4 is 17.7 Å². The second-order valence-electron chi connectivity index (χ2n) is 2.67. The SMILES string of the molecule is CCC1(C)OC(=O)C(C)S1. The Bertz CT molecular complexity index is 158. The Hall–Kier alpha value is -0.180. The number of rotatable bonds is 1. The molecule has 2 nitrogen and oxygen atoms in total. The highest BCUT2D eigenvalue weighted by molar-refractivity contribution is 8.02. The zero-order valence-electron chi connectivity index (χ0n) is 6.51. The number of carbonyl (C=O) groups is 1. The van der Waals surface area contributed by atoms with Crippen LogP contribution in [0.1, 0.15) is 27.2 Å². The summed E-state index contributed by atoms with van der Waals surface area (Å²) >= 11 is 1.60. The Morgan fingerprint density at radius 1 is 1.80 bits per heavy atom. The second kappa shape index (κ2) is 2.46.